The van der Waals surface area contributed by atoms with E-state index in [9.17, 15) is 14.9 Å². The van der Waals surface area contributed by atoms with Crippen LogP contribution >= 0.6 is 0 Å². The van der Waals surface area contributed by atoms with Crippen molar-refractivity contribution in [2.75, 3.05) is 12.3 Å². The van der Waals surface area contributed by atoms with Gasteiger partial charge >= 0.3 is 0 Å². The van der Waals surface area contributed by atoms with Gasteiger partial charge in [-0.05, 0) is 31.4 Å². The van der Waals surface area contributed by atoms with E-state index in [0.29, 0.717) is 12.2 Å². The fraction of sp³-hybridized carbons (Fsp3) is 0.533. The lowest BCUT2D eigenvalue weighted by Crippen LogP contribution is -2.40. The molecule has 1 aliphatic rings. The van der Waals surface area contributed by atoms with Crippen LogP contribution in [0.2, 0.25) is 0 Å². The molecule has 21 heavy (non-hydrogen) atoms. The summed E-state index contributed by atoms with van der Waals surface area (Å²) in [5.74, 6) is -0.275. The lowest BCUT2D eigenvalue weighted by atomic mass is 10.1. The number of rotatable bonds is 3. The molecule has 2 rings (SSSR count). The number of likely N-dealkylation sites (tertiary alicyclic amines) is 1. The molecule has 1 aromatic rings. The number of hydrogen-bond donors (Lipinski definition) is 1. The van der Waals surface area contributed by atoms with Crippen LogP contribution in [-0.2, 0) is 0 Å². The molecule has 0 aliphatic carbocycles. The summed E-state index contributed by atoms with van der Waals surface area (Å²) in [6.07, 6.45) is 4.96. The highest BCUT2D eigenvalue weighted by molar-refractivity contribution is 5.99. The van der Waals surface area contributed by atoms with Crippen molar-refractivity contribution in [2.24, 2.45) is 0 Å². The van der Waals surface area contributed by atoms with Crippen molar-refractivity contribution in [2.45, 2.75) is 45.1 Å². The van der Waals surface area contributed by atoms with Gasteiger partial charge in [-0.1, -0.05) is 19.8 Å². The molecular formula is C15H21N3O3. The number of carbonyl (C=O) groups excluding carboxylic acids is 1. The van der Waals surface area contributed by atoms with Crippen molar-refractivity contribution in [3.63, 3.8) is 0 Å². The van der Waals surface area contributed by atoms with E-state index >= 15 is 0 Å². The second kappa shape index (κ2) is 6.56. The summed E-state index contributed by atoms with van der Waals surface area (Å²) in [4.78, 5) is 25.2. The highest BCUT2D eigenvalue weighted by Gasteiger charge is 2.29. The van der Waals surface area contributed by atoms with Gasteiger partial charge in [0, 0.05) is 24.3 Å². The Morgan fingerprint density at radius 1 is 1.43 bits per heavy atom. The lowest BCUT2D eigenvalue weighted by Gasteiger charge is -2.29. The highest BCUT2D eigenvalue weighted by Crippen LogP contribution is 2.27. The zero-order valence-electron chi connectivity index (χ0n) is 12.2. The zero-order chi connectivity index (χ0) is 15.4. The van der Waals surface area contributed by atoms with E-state index in [1.165, 1.54) is 18.2 Å². The van der Waals surface area contributed by atoms with Gasteiger partial charge in [0.1, 0.15) is 5.56 Å². The third kappa shape index (κ3) is 3.32. The molecule has 1 aromatic carbocycles. The summed E-state index contributed by atoms with van der Waals surface area (Å²) in [6.45, 7) is 2.70. The van der Waals surface area contributed by atoms with Crippen molar-refractivity contribution in [1.82, 2.24) is 4.90 Å². The number of carbonyl (C=O) groups is 1. The van der Waals surface area contributed by atoms with Crippen LogP contribution in [0.15, 0.2) is 18.2 Å². The van der Waals surface area contributed by atoms with Gasteiger partial charge < -0.3 is 10.6 Å². The van der Waals surface area contributed by atoms with E-state index in [2.05, 4.69) is 0 Å². The molecule has 1 fully saturated rings. The number of nitro groups is 1. The number of nitrogens with zero attached hydrogens (tertiary/aromatic N) is 2. The molecule has 0 spiro atoms. The average molecular weight is 291 g/mol. The van der Waals surface area contributed by atoms with Crippen LogP contribution in [0, 0.1) is 10.1 Å². The highest BCUT2D eigenvalue weighted by atomic mass is 16.6. The van der Waals surface area contributed by atoms with Crippen molar-refractivity contribution in [1.29, 1.82) is 0 Å². The van der Waals surface area contributed by atoms with E-state index in [-0.39, 0.29) is 23.2 Å². The molecule has 2 N–H and O–H groups in total. The van der Waals surface area contributed by atoms with Crippen LogP contribution in [0.5, 0.6) is 0 Å². The Kier molecular flexibility index (Phi) is 4.77. The number of benzene rings is 1. The van der Waals surface area contributed by atoms with Gasteiger partial charge in [-0.3, -0.25) is 14.9 Å². The Balaban J connectivity index is 2.37. The van der Waals surface area contributed by atoms with Crippen LogP contribution < -0.4 is 5.73 Å². The maximum atomic E-state index is 12.8. The summed E-state index contributed by atoms with van der Waals surface area (Å²) < 4.78 is 0. The smallest absolute Gasteiger partial charge is 0.282 e. The Morgan fingerprint density at radius 3 is 2.86 bits per heavy atom. The molecular weight excluding hydrogens is 270 g/mol. The largest absolute Gasteiger partial charge is 0.399 e. The molecule has 1 atom stereocenters. The number of nitrogens with two attached hydrogens (primary N) is 1. The van der Waals surface area contributed by atoms with Crippen molar-refractivity contribution >= 4 is 17.3 Å². The van der Waals surface area contributed by atoms with E-state index in [1.807, 2.05) is 6.92 Å². The van der Waals surface area contributed by atoms with Gasteiger partial charge in [0.05, 0.1) is 4.92 Å². The molecule has 1 saturated heterocycles. The van der Waals surface area contributed by atoms with Gasteiger partial charge in [0.15, 0.2) is 0 Å². The number of anilines is 1. The third-order valence-electron chi connectivity index (χ3n) is 4.06. The standard InChI is InChI=1S/C15H21N3O3/c1-2-12-6-4-3-5-9-17(12)15(19)13-10-11(16)7-8-14(13)18(20)21/h7-8,10,12H,2-6,9,16H2,1H3. The molecule has 0 saturated carbocycles. The SMILES string of the molecule is CCC1CCCCCN1C(=O)c1cc(N)ccc1[N+](=O)[O-]. The molecule has 0 bridgehead atoms. The third-order valence-corrected chi connectivity index (χ3v) is 4.06. The first-order valence-electron chi connectivity index (χ1n) is 7.39. The normalized spacial score (nSPS) is 19.1. The zero-order valence-corrected chi connectivity index (χ0v) is 12.2. The molecule has 1 heterocycles. The quantitative estimate of drug-likeness (QED) is 0.526. The van der Waals surface area contributed by atoms with E-state index < -0.39 is 4.92 Å². The molecule has 114 valence electrons. The van der Waals surface area contributed by atoms with Gasteiger partial charge in [-0.15, -0.1) is 0 Å². The van der Waals surface area contributed by atoms with Crippen LogP contribution in [0.1, 0.15) is 49.4 Å². The lowest BCUT2D eigenvalue weighted by molar-refractivity contribution is -0.385. The molecule has 0 aromatic heterocycles. The minimum Gasteiger partial charge on any atom is -0.399 e. The second-order valence-corrected chi connectivity index (χ2v) is 5.44. The topological polar surface area (TPSA) is 89.5 Å². The number of nitro benzene ring substituents is 1. The van der Waals surface area contributed by atoms with Gasteiger partial charge in [-0.2, -0.15) is 0 Å². The Morgan fingerprint density at radius 2 is 2.19 bits per heavy atom. The predicted octanol–water partition coefficient (Wildman–Crippen LogP) is 2.97. The molecule has 6 nitrogen and oxygen atoms in total. The van der Waals surface area contributed by atoms with Crippen molar-refractivity contribution in [3.05, 3.63) is 33.9 Å². The van der Waals surface area contributed by atoms with Gasteiger partial charge in [0.25, 0.3) is 11.6 Å². The Labute approximate surface area is 124 Å². The minimum atomic E-state index is -0.522. The summed E-state index contributed by atoms with van der Waals surface area (Å²) >= 11 is 0. The average Bonchev–Trinajstić information content (AvgIpc) is 2.71. The number of hydrogen-bond acceptors (Lipinski definition) is 4. The molecule has 1 aliphatic heterocycles. The Hall–Kier alpha value is -2.11. The second-order valence-electron chi connectivity index (χ2n) is 5.44. The van der Waals surface area contributed by atoms with Crippen LogP contribution in [0.3, 0.4) is 0 Å². The summed E-state index contributed by atoms with van der Waals surface area (Å²) in [5, 5.41) is 11.1. The molecule has 1 amide bonds. The van der Waals surface area contributed by atoms with Gasteiger partial charge in [0.2, 0.25) is 0 Å². The first-order valence-corrected chi connectivity index (χ1v) is 7.39. The van der Waals surface area contributed by atoms with Crippen molar-refractivity contribution < 1.29 is 9.72 Å². The summed E-state index contributed by atoms with van der Waals surface area (Å²) in [6, 6.07) is 4.33. The van der Waals surface area contributed by atoms with E-state index in [1.54, 1.807) is 4.90 Å². The van der Waals surface area contributed by atoms with Crippen LogP contribution in [0.4, 0.5) is 11.4 Å². The fourth-order valence-corrected chi connectivity index (χ4v) is 2.91. The van der Waals surface area contributed by atoms with Crippen LogP contribution in [-0.4, -0.2) is 28.3 Å². The number of nitrogen functional groups attached to an aromatic ring is 1. The molecule has 0 radical (unpaired) electrons. The predicted molar refractivity (Wildman–Crippen MR) is 81.1 cm³/mol. The number of amides is 1. The van der Waals surface area contributed by atoms with Crippen LogP contribution in [0.25, 0.3) is 0 Å². The maximum absolute atomic E-state index is 12.8. The maximum Gasteiger partial charge on any atom is 0.282 e. The van der Waals surface area contributed by atoms with E-state index in [0.717, 1.165) is 32.1 Å². The van der Waals surface area contributed by atoms with E-state index in [4.69, 9.17) is 5.73 Å². The van der Waals surface area contributed by atoms with Gasteiger partial charge in [-0.25, -0.2) is 0 Å². The molecule has 1 unspecified atom stereocenters. The summed E-state index contributed by atoms with van der Waals surface area (Å²) in [5.41, 5.74) is 5.99. The first kappa shape index (κ1) is 15.3. The first-order chi connectivity index (χ1) is 10.0. The Bertz CT molecular complexity index is 545. The fourth-order valence-electron chi connectivity index (χ4n) is 2.91. The molecule has 6 heteroatoms. The minimum absolute atomic E-state index is 0.0975. The summed E-state index contributed by atoms with van der Waals surface area (Å²) in [7, 11) is 0. The monoisotopic (exact) mass is 291 g/mol. The van der Waals surface area contributed by atoms with Crippen molar-refractivity contribution in [3.8, 4) is 0 Å².